The first-order valence-electron chi connectivity index (χ1n) is 5.58. The summed E-state index contributed by atoms with van der Waals surface area (Å²) in [6.45, 7) is 3.12. The lowest BCUT2D eigenvalue weighted by molar-refractivity contribution is -0.0973. The van der Waals surface area contributed by atoms with E-state index in [1.165, 1.54) is 16.8 Å². The van der Waals surface area contributed by atoms with Crippen LogP contribution in [0.25, 0.3) is 0 Å². The molecule has 1 unspecified atom stereocenters. The molecule has 19 heavy (non-hydrogen) atoms. The van der Waals surface area contributed by atoms with Crippen LogP contribution >= 0.6 is 15.9 Å². The smallest absolute Gasteiger partial charge is 0.351 e. The lowest BCUT2D eigenvalue weighted by atomic mass is 9.98. The molecular weight excluding hydrogens is 318 g/mol. The predicted octanol–water partition coefficient (Wildman–Crippen LogP) is -0.215. The molecule has 1 aromatic rings. The number of aromatic nitrogens is 2. The van der Waals surface area contributed by atoms with Gasteiger partial charge in [-0.2, -0.15) is 4.98 Å². The van der Waals surface area contributed by atoms with Gasteiger partial charge in [0.2, 0.25) is 0 Å². The van der Waals surface area contributed by atoms with Gasteiger partial charge in [0.05, 0.1) is 17.2 Å². The van der Waals surface area contributed by atoms with Crippen LogP contribution in [-0.4, -0.2) is 38.1 Å². The molecule has 4 N–H and O–H groups in total. The highest BCUT2D eigenvalue weighted by molar-refractivity contribution is 9.10. The molecule has 104 valence electrons. The van der Waals surface area contributed by atoms with Crippen LogP contribution in [0.5, 0.6) is 0 Å². The summed E-state index contributed by atoms with van der Waals surface area (Å²) in [4.78, 5) is 15.4. The molecule has 0 aromatic carbocycles. The van der Waals surface area contributed by atoms with Crippen LogP contribution in [0.15, 0.2) is 28.1 Å². The third-order valence-electron chi connectivity index (χ3n) is 3.18. The number of nitrogen functional groups attached to an aromatic ring is 1. The Morgan fingerprint density at radius 1 is 1.79 bits per heavy atom. The Morgan fingerprint density at radius 3 is 3.00 bits per heavy atom. The average molecular weight is 332 g/mol. The summed E-state index contributed by atoms with van der Waals surface area (Å²) < 4.78 is 7.23. The molecular formula is C11H14BrN3O4. The number of nitrogens with two attached hydrogens (primary N) is 1. The Kier molecular flexibility index (Phi) is 3.77. The lowest BCUT2D eigenvalue weighted by Crippen LogP contribution is -2.41. The Morgan fingerprint density at radius 2 is 2.47 bits per heavy atom. The summed E-state index contributed by atoms with van der Waals surface area (Å²) in [5, 5.41) is 19.3. The van der Waals surface area contributed by atoms with E-state index >= 15 is 0 Å². The van der Waals surface area contributed by atoms with Crippen molar-refractivity contribution < 1.29 is 14.9 Å². The van der Waals surface area contributed by atoms with Gasteiger partial charge in [0.25, 0.3) is 0 Å². The van der Waals surface area contributed by atoms with Gasteiger partial charge in [0.1, 0.15) is 17.6 Å². The molecule has 0 aliphatic carbocycles. The fourth-order valence-electron chi connectivity index (χ4n) is 2.00. The maximum Gasteiger partial charge on any atom is 0.351 e. The Hall–Kier alpha value is -1.22. The van der Waals surface area contributed by atoms with Crippen molar-refractivity contribution in [3.05, 3.63) is 33.8 Å². The zero-order valence-corrected chi connectivity index (χ0v) is 11.6. The first-order chi connectivity index (χ1) is 8.93. The summed E-state index contributed by atoms with van der Waals surface area (Å²) in [6.07, 6.45) is 1.23. The number of aliphatic hydroxyl groups excluding tert-OH is 2. The van der Waals surface area contributed by atoms with E-state index in [2.05, 4.69) is 27.5 Å². The molecule has 0 saturated carbocycles. The second-order valence-electron chi connectivity index (χ2n) is 4.31. The van der Waals surface area contributed by atoms with E-state index in [1.54, 1.807) is 0 Å². The molecule has 7 nitrogen and oxygen atoms in total. The van der Waals surface area contributed by atoms with Gasteiger partial charge in [-0.05, 0) is 15.9 Å². The molecule has 1 aliphatic rings. The molecule has 0 bridgehead atoms. The number of aliphatic hydroxyl groups is 2. The van der Waals surface area contributed by atoms with Gasteiger partial charge in [-0.3, -0.25) is 4.57 Å². The normalized spacial score (nSPS) is 30.5. The molecule has 0 amide bonds. The largest absolute Gasteiger partial charge is 0.393 e. The molecule has 8 heteroatoms. The lowest BCUT2D eigenvalue weighted by Gasteiger charge is -2.26. The minimum atomic E-state index is -1.27. The topological polar surface area (TPSA) is 111 Å². The highest BCUT2D eigenvalue weighted by atomic mass is 79.9. The minimum Gasteiger partial charge on any atom is -0.393 e. The predicted molar refractivity (Wildman–Crippen MR) is 71.4 cm³/mol. The van der Waals surface area contributed by atoms with Crippen LogP contribution < -0.4 is 11.4 Å². The maximum atomic E-state index is 11.8. The number of halogens is 1. The highest BCUT2D eigenvalue weighted by Crippen LogP contribution is 2.37. The van der Waals surface area contributed by atoms with E-state index in [-0.39, 0.29) is 12.2 Å². The Balaban J connectivity index is 2.38. The molecule has 2 heterocycles. The fraction of sp³-hybridized carbons (Fsp3) is 0.455. The fourth-order valence-corrected chi connectivity index (χ4v) is 2.31. The third-order valence-corrected chi connectivity index (χ3v) is 3.79. The van der Waals surface area contributed by atoms with Gasteiger partial charge in [-0.15, -0.1) is 6.58 Å². The SMILES string of the molecule is C=C[C@]1(CO)OC(n2cc(Br)c(N)nc2=O)C[C@@H]1O. The van der Waals surface area contributed by atoms with Crippen molar-refractivity contribution in [2.24, 2.45) is 0 Å². The number of rotatable bonds is 3. The van der Waals surface area contributed by atoms with Gasteiger partial charge in [0.15, 0.2) is 0 Å². The summed E-state index contributed by atoms with van der Waals surface area (Å²) in [7, 11) is 0. The van der Waals surface area contributed by atoms with Crippen molar-refractivity contribution in [3.8, 4) is 0 Å². The van der Waals surface area contributed by atoms with E-state index in [0.717, 1.165) is 0 Å². The first-order valence-corrected chi connectivity index (χ1v) is 6.37. The van der Waals surface area contributed by atoms with Crippen LogP contribution in [0.4, 0.5) is 5.82 Å². The quantitative estimate of drug-likeness (QED) is 0.661. The van der Waals surface area contributed by atoms with Crippen molar-refractivity contribution in [1.82, 2.24) is 9.55 Å². The van der Waals surface area contributed by atoms with Gasteiger partial charge in [-0.25, -0.2) is 4.79 Å². The summed E-state index contributed by atoms with van der Waals surface area (Å²) in [5.41, 5.74) is 3.65. The van der Waals surface area contributed by atoms with Crippen LogP contribution in [0.3, 0.4) is 0 Å². The average Bonchev–Trinajstić information content (AvgIpc) is 2.71. The van der Waals surface area contributed by atoms with E-state index in [9.17, 15) is 15.0 Å². The molecule has 0 spiro atoms. The first kappa shape index (κ1) is 14.2. The molecule has 1 fully saturated rings. The molecule has 1 aliphatic heterocycles. The van der Waals surface area contributed by atoms with Gasteiger partial charge < -0.3 is 20.7 Å². The van der Waals surface area contributed by atoms with Crippen molar-refractivity contribution in [2.75, 3.05) is 12.3 Å². The second kappa shape index (κ2) is 5.04. The zero-order valence-electron chi connectivity index (χ0n) is 9.99. The van der Waals surface area contributed by atoms with E-state index in [1.807, 2.05) is 0 Å². The Bertz CT molecular complexity index is 561. The molecule has 2 rings (SSSR count). The van der Waals surface area contributed by atoms with Crippen molar-refractivity contribution >= 4 is 21.7 Å². The van der Waals surface area contributed by atoms with Gasteiger partial charge in [0, 0.05) is 12.6 Å². The number of anilines is 1. The van der Waals surface area contributed by atoms with Crippen molar-refractivity contribution in [3.63, 3.8) is 0 Å². The standard InChI is InChI=1S/C11H14BrN3O4/c1-2-11(5-16)7(17)3-8(19-11)15-4-6(12)9(13)14-10(15)18/h2,4,7-8,16-17H,1,3,5H2,(H2,13,14,18)/t7-,8?,11+/m0/s1. The van der Waals surface area contributed by atoms with Gasteiger partial charge >= 0.3 is 5.69 Å². The number of ether oxygens (including phenoxy) is 1. The van der Waals surface area contributed by atoms with Crippen molar-refractivity contribution in [2.45, 2.75) is 24.4 Å². The van der Waals surface area contributed by atoms with E-state index in [4.69, 9.17) is 10.5 Å². The highest BCUT2D eigenvalue weighted by Gasteiger charge is 2.46. The third kappa shape index (κ3) is 2.32. The van der Waals surface area contributed by atoms with Crippen LogP contribution in [-0.2, 0) is 4.74 Å². The van der Waals surface area contributed by atoms with Crippen molar-refractivity contribution in [1.29, 1.82) is 0 Å². The summed E-state index contributed by atoms with van der Waals surface area (Å²) in [5.74, 6) is 0.0805. The van der Waals surface area contributed by atoms with E-state index < -0.39 is 30.2 Å². The second-order valence-corrected chi connectivity index (χ2v) is 5.16. The zero-order chi connectivity index (χ0) is 14.2. The minimum absolute atomic E-state index is 0.0805. The summed E-state index contributed by atoms with van der Waals surface area (Å²) in [6, 6.07) is 0. The number of hydrogen-bond donors (Lipinski definition) is 3. The molecule has 0 radical (unpaired) electrons. The van der Waals surface area contributed by atoms with Gasteiger partial charge in [-0.1, -0.05) is 6.08 Å². The Labute approximate surface area is 117 Å². The number of hydrogen-bond acceptors (Lipinski definition) is 6. The molecule has 1 saturated heterocycles. The molecule has 1 aromatic heterocycles. The summed E-state index contributed by atoms with van der Waals surface area (Å²) >= 11 is 3.17. The van der Waals surface area contributed by atoms with Crippen LogP contribution in [0, 0.1) is 0 Å². The number of nitrogens with zero attached hydrogens (tertiary/aromatic N) is 2. The maximum absolute atomic E-state index is 11.8. The molecule has 3 atom stereocenters. The monoisotopic (exact) mass is 331 g/mol. The van der Waals surface area contributed by atoms with E-state index in [0.29, 0.717) is 4.47 Å². The van der Waals surface area contributed by atoms with Crippen LogP contribution in [0.2, 0.25) is 0 Å². The van der Waals surface area contributed by atoms with Crippen LogP contribution in [0.1, 0.15) is 12.6 Å².